The van der Waals surface area contributed by atoms with Gasteiger partial charge in [0.1, 0.15) is 11.5 Å². The van der Waals surface area contributed by atoms with E-state index in [1.54, 1.807) is 32.7 Å². The van der Waals surface area contributed by atoms with Crippen molar-refractivity contribution in [3.8, 4) is 0 Å². The standard InChI is InChI=1S/C19H22FN5O2/c20-17-5-2-1-4-14(17)7-8-19(27)24-12-16(13-24)25-11-15(21-22-25)10-23-9-3-6-18(23)26/h1-2,4-5,11,16H,3,6-10,12-13H2. The van der Waals surface area contributed by atoms with Gasteiger partial charge < -0.3 is 9.80 Å². The van der Waals surface area contributed by atoms with E-state index in [2.05, 4.69) is 10.3 Å². The zero-order valence-electron chi connectivity index (χ0n) is 15.1. The molecule has 2 amide bonds. The molecule has 3 heterocycles. The monoisotopic (exact) mass is 371 g/mol. The van der Waals surface area contributed by atoms with E-state index < -0.39 is 0 Å². The van der Waals surface area contributed by atoms with Crippen LogP contribution >= 0.6 is 0 Å². The first-order chi connectivity index (χ1) is 13.1. The van der Waals surface area contributed by atoms with Crippen molar-refractivity contribution in [1.82, 2.24) is 24.8 Å². The van der Waals surface area contributed by atoms with Crippen LogP contribution in [-0.4, -0.2) is 56.2 Å². The van der Waals surface area contributed by atoms with Gasteiger partial charge in [0.05, 0.1) is 18.8 Å². The molecule has 4 rings (SSSR count). The van der Waals surface area contributed by atoms with Gasteiger partial charge in [-0.3, -0.25) is 9.59 Å². The lowest BCUT2D eigenvalue weighted by molar-refractivity contribution is -0.137. The van der Waals surface area contributed by atoms with Crippen LogP contribution in [0.5, 0.6) is 0 Å². The highest BCUT2D eigenvalue weighted by Crippen LogP contribution is 2.22. The lowest BCUT2D eigenvalue weighted by Crippen LogP contribution is -2.51. The first-order valence-electron chi connectivity index (χ1n) is 9.30. The van der Waals surface area contributed by atoms with E-state index in [4.69, 9.17) is 0 Å². The Morgan fingerprint density at radius 2 is 2.07 bits per heavy atom. The second-order valence-corrected chi connectivity index (χ2v) is 7.15. The Morgan fingerprint density at radius 3 is 2.81 bits per heavy atom. The van der Waals surface area contributed by atoms with E-state index in [9.17, 15) is 14.0 Å². The Morgan fingerprint density at radius 1 is 1.26 bits per heavy atom. The van der Waals surface area contributed by atoms with Crippen LogP contribution in [0.4, 0.5) is 4.39 Å². The van der Waals surface area contributed by atoms with Gasteiger partial charge in [0.15, 0.2) is 0 Å². The molecule has 0 radical (unpaired) electrons. The molecule has 0 N–H and O–H groups in total. The number of rotatable bonds is 6. The Labute approximate surface area is 156 Å². The molecular formula is C19H22FN5O2. The van der Waals surface area contributed by atoms with Gasteiger partial charge in [-0.1, -0.05) is 23.4 Å². The first kappa shape index (κ1) is 17.6. The third-order valence-corrected chi connectivity index (χ3v) is 5.24. The van der Waals surface area contributed by atoms with Crippen molar-refractivity contribution in [1.29, 1.82) is 0 Å². The fourth-order valence-electron chi connectivity index (χ4n) is 3.56. The SMILES string of the molecule is O=C1CCCN1Cc1cn(C2CN(C(=O)CCc3ccccc3F)C2)nn1. The topological polar surface area (TPSA) is 71.3 Å². The molecule has 0 bridgehead atoms. The van der Waals surface area contributed by atoms with Crippen molar-refractivity contribution < 1.29 is 14.0 Å². The first-order valence-corrected chi connectivity index (χ1v) is 9.30. The Balaban J connectivity index is 1.25. The predicted molar refractivity (Wildman–Crippen MR) is 95.0 cm³/mol. The molecule has 0 spiro atoms. The number of carbonyl (C=O) groups is 2. The number of likely N-dealkylation sites (tertiary alicyclic amines) is 2. The number of hydrogen-bond acceptors (Lipinski definition) is 4. The lowest BCUT2D eigenvalue weighted by atomic mass is 10.1. The minimum Gasteiger partial charge on any atom is -0.338 e. The second kappa shape index (κ2) is 7.46. The van der Waals surface area contributed by atoms with Crippen LogP contribution in [0.15, 0.2) is 30.5 Å². The number of halogens is 1. The van der Waals surface area contributed by atoms with Gasteiger partial charge in [-0.2, -0.15) is 0 Å². The van der Waals surface area contributed by atoms with E-state index in [1.807, 2.05) is 6.20 Å². The van der Waals surface area contributed by atoms with E-state index in [0.29, 0.717) is 44.5 Å². The molecule has 2 aromatic rings. The Bertz CT molecular complexity index is 846. The molecule has 0 saturated carbocycles. The number of nitrogens with zero attached hydrogens (tertiary/aromatic N) is 5. The average Bonchev–Trinajstić information content (AvgIpc) is 3.23. The fourth-order valence-corrected chi connectivity index (χ4v) is 3.56. The van der Waals surface area contributed by atoms with Crippen molar-refractivity contribution >= 4 is 11.8 Å². The maximum absolute atomic E-state index is 13.6. The number of hydrogen-bond donors (Lipinski definition) is 0. The largest absolute Gasteiger partial charge is 0.338 e. The highest BCUT2D eigenvalue weighted by Gasteiger charge is 2.32. The second-order valence-electron chi connectivity index (χ2n) is 7.15. The molecule has 27 heavy (non-hydrogen) atoms. The molecule has 7 nitrogen and oxygen atoms in total. The zero-order chi connectivity index (χ0) is 18.8. The molecule has 2 aliphatic rings. The number of aromatic nitrogens is 3. The Hall–Kier alpha value is -2.77. The van der Waals surface area contributed by atoms with Crippen LogP contribution < -0.4 is 0 Å². The summed E-state index contributed by atoms with van der Waals surface area (Å²) >= 11 is 0. The highest BCUT2D eigenvalue weighted by atomic mass is 19.1. The number of amides is 2. The summed E-state index contributed by atoms with van der Waals surface area (Å²) in [5.74, 6) is -0.0734. The molecule has 0 unspecified atom stereocenters. The van der Waals surface area contributed by atoms with Crippen LogP contribution in [0.1, 0.15) is 36.6 Å². The third kappa shape index (κ3) is 3.84. The van der Waals surface area contributed by atoms with Gasteiger partial charge in [0.25, 0.3) is 0 Å². The average molecular weight is 371 g/mol. The summed E-state index contributed by atoms with van der Waals surface area (Å²) in [7, 11) is 0. The quantitative estimate of drug-likeness (QED) is 0.773. The molecule has 8 heteroatoms. The predicted octanol–water partition coefficient (Wildman–Crippen LogP) is 1.56. The molecule has 1 aromatic heterocycles. The van der Waals surface area contributed by atoms with Crippen molar-refractivity contribution in [2.24, 2.45) is 0 Å². The summed E-state index contributed by atoms with van der Waals surface area (Å²) in [4.78, 5) is 27.5. The molecule has 1 aromatic carbocycles. The Kier molecular flexibility index (Phi) is 4.87. The zero-order valence-corrected chi connectivity index (χ0v) is 15.1. The van der Waals surface area contributed by atoms with Crippen molar-refractivity contribution in [2.45, 2.75) is 38.3 Å². The lowest BCUT2D eigenvalue weighted by Gasteiger charge is -2.39. The van der Waals surface area contributed by atoms with Crippen LogP contribution in [0.3, 0.4) is 0 Å². The van der Waals surface area contributed by atoms with E-state index >= 15 is 0 Å². The maximum Gasteiger partial charge on any atom is 0.223 e. The van der Waals surface area contributed by atoms with Crippen LogP contribution in [0.2, 0.25) is 0 Å². The fraction of sp³-hybridized carbons (Fsp3) is 0.474. The van der Waals surface area contributed by atoms with E-state index in [1.165, 1.54) is 6.07 Å². The molecule has 0 aliphatic carbocycles. The van der Waals surface area contributed by atoms with Crippen LogP contribution in [-0.2, 0) is 22.6 Å². The minimum absolute atomic E-state index is 0.0255. The number of aryl methyl sites for hydroxylation is 1. The molecule has 2 aliphatic heterocycles. The molecule has 2 fully saturated rings. The van der Waals surface area contributed by atoms with Crippen LogP contribution in [0, 0.1) is 5.82 Å². The van der Waals surface area contributed by atoms with Crippen molar-refractivity contribution in [3.05, 3.63) is 47.5 Å². The summed E-state index contributed by atoms with van der Waals surface area (Å²) < 4.78 is 15.4. The maximum atomic E-state index is 13.6. The number of carbonyl (C=O) groups excluding carboxylic acids is 2. The van der Waals surface area contributed by atoms with Gasteiger partial charge >= 0.3 is 0 Å². The van der Waals surface area contributed by atoms with E-state index in [-0.39, 0.29) is 23.7 Å². The molecule has 142 valence electrons. The molecule has 2 saturated heterocycles. The number of benzene rings is 1. The molecular weight excluding hydrogens is 349 g/mol. The molecule has 0 atom stereocenters. The van der Waals surface area contributed by atoms with Gasteiger partial charge in [-0.05, 0) is 24.5 Å². The minimum atomic E-state index is -0.265. The summed E-state index contributed by atoms with van der Waals surface area (Å²) in [6, 6.07) is 6.66. The van der Waals surface area contributed by atoms with Crippen molar-refractivity contribution in [2.75, 3.05) is 19.6 Å². The third-order valence-electron chi connectivity index (χ3n) is 5.24. The highest BCUT2D eigenvalue weighted by molar-refractivity contribution is 5.78. The van der Waals surface area contributed by atoms with Gasteiger partial charge in [0, 0.05) is 32.5 Å². The smallest absolute Gasteiger partial charge is 0.223 e. The normalized spacial score (nSPS) is 17.4. The van der Waals surface area contributed by atoms with Gasteiger partial charge in [-0.25, -0.2) is 9.07 Å². The van der Waals surface area contributed by atoms with Crippen LogP contribution in [0.25, 0.3) is 0 Å². The summed E-state index contributed by atoms with van der Waals surface area (Å²) in [6.45, 7) is 2.44. The van der Waals surface area contributed by atoms with Gasteiger partial charge in [-0.15, -0.1) is 5.10 Å². The van der Waals surface area contributed by atoms with Gasteiger partial charge in [0.2, 0.25) is 11.8 Å². The van der Waals surface area contributed by atoms with Crippen molar-refractivity contribution in [3.63, 3.8) is 0 Å². The summed E-state index contributed by atoms with van der Waals surface area (Å²) in [5, 5.41) is 8.29. The summed E-state index contributed by atoms with van der Waals surface area (Å²) in [5.41, 5.74) is 1.34. The summed E-state index contributed by atoms with van der Waals surface area (Å²) in [6.07, 6.45) is 4.08. The van der Waals surface area contributed by atoms with E-state index in [0.717, 1.165) is 18.7 Å².